The monoisotopic (exact) mass is 288 g/mol. The van der Waals surface area contributed by atoms with Crippen molar-refractivity contribution < 1.29 is 4.79 Å². The van der Waals surface area contributed by atoms with E-state index in [9.17, 15) is 4.79 Å². The Kier molecular flexibility index (Phi) is 5.32. The van der Waals surface area contributed by atoms with Crippen LogP contribution in [0.1, 0.15) is 22.2 Å². The minimum atomic E-state index is 0.0347. The zero-order valence-corrected chi connectivity index (χ0v) is 12.7. The number of carbonyl (C=O) groups is 1. The molecule has 2 N–H and O–H groups in total. The van der Waals surface area contributed by atoms with Crippen molar-refractivity contribution in [2.75, 3.05) is 11.9 Å². The summed E-state index contributed by atoms with van der Waals surface area (Å²) in [6.45, 7) is 5.89. The smallest absolute Gasteiger partial charge is 0.229 e. The molecule has 0 bridgehead atoms. The van der Waals surface area contributed by atoms with Gasteiger partial charge in [0.25, 0.3) is 0 Å². The van der Waals surface area contributed by atoms with Crippen molar-refractivity contribution in [1.29, 1.82) is 0 Å². The fourth-order valence-corrected chi connectivity index (χ4v) is 2.86. The van der Waals surface area contributed by atoms with Gasteiger partial charge in [-0.1, -0.05) is 19.1 Å². The summed E-state index contributed by atoms with van der Waals surface area (Å²) in [4.78, 5) is 14.3. The maximum absolute atomic E-state index is 12.0. The molecule has 20 heavy (non-hydrogen) atoms. The van der Waals surface area contributed by atoms with Gasteiger partial charge in [-0.15, -0.1) is 11.3 Å². The van der Waals surface area contributed by atoms with Crippen LogP contribution in [0, 0.1) is 6.92 Å². The van der Waals surface area contributed by atoms with Crippen LogP contribution in [0.25, 0.3) is 0 Å². The van der Waals surface area contributed by atoms with E-state index >= 15 is 0 Å². The highest BCUT2D eigenvalue weighted by atomic mass is 32.1. The minimum absolute atomic E-state index is 0.0347. The average molecular weight is 288 g/mol. The van der Waals surface area contributed by atoms with E-state index in [1.165, 1.54) is 10.4 Å². The molecule has 0 atom stereocenters. The lowest BCUT2D eigenvalue weighted by Gasteiger charge is -2.07. The number of amides is 1. The molecule has 0 spiro atoms. The molecule has 0 fully saturated rings. The number of aryl methyl sites for hydroxylation is 1. The number of nitrogens with one attached hydrogen (secondary N) is 2. The van der Waals surface area contributed by atoms with E-state index in [0.717, 1.165) is 23.7 Å². The maximum atomic E-state index is 12.0. The van der Waals surface area contributed by atoms with Gasteiger partial charge < -0.3 is 10.6 Å². The summed E-state index contributed by atoms with van der Waals surface area (Å²) in [5.74, 6) is 0.0347. The fourth-order valence-electron chi connectivity index (χ4n) is 1.97. The number of thiophene rings is 1. The summed E-state index contributed by atoms with van der Waals surface area (Å²) in [7, 11) is 0. The summed E-state index contributed by atoms with van der Waals surface area (Å²) in [5, 5.41) is 6.23. The third kappa shape index (κ3) is 4.47. The molecule has 1 heterocycles. The normalized spacial score (nSPS) is 10.5. The van der Waals surface area contributed by atoms with Crippen molar-refractivity contribution in [3.63, 3.8) is 0 Å². The topological polar surface area (TPSA) is 41.1 Å². The van der Waals surface area contributed by atoms with Crippen molar-refractivity contribution in [1.82, 2.24) is 5.32 Å². The van der Waals surface area contributed by atoms with Gasteiger partial charge in [0, 0.05) is 22.0 Å². The predicted octanol–water partition coefficient (Wildman–Crippen LogP) is 3.35. The number of hydrogen-bond acceptors (Lipinski definition) is 3. The van der Waals surface area contributed by atoms with Gasteiger partial charge in [0.2, 0.25) is 5.91 Å². The van der Waals surface area contributed by atoms with Crippen LogP contribution in [0.4, 0.5) is 5.69 Å². The van der Waals surface area contributed by atoms with Crippen LogP contribution < -0.4 is 10.6 Å². The number of rotatable bonds is 6. The molecule has 106 valence electrons. The molecule has 2 rings (SSSR count). The lowest BCUT2D eigenvalue weighted by molar-refractivity contribution is -0.115. The van der Waals surface area contributed by atoms with Crippen molar-refractivity contribution in [3.05, 3.63) is 51.7 Å². The number of anilines is 1. The lowest BCUT2D eigenvalue weighted by Crippen LogP contribution is -2.15. The molecular formula is C16H20N2OS. The van der Waals surface area contributed by atoms with Crippen molar-refractivity contribution in [2.24, 2.45) is 0 Å². The van der Waals surface area contributed by atoms with Gasteiger partial charge in [-0.25, -0.2) is 0 Å². The second kappa shape index (κ2) is 7.22. The third-order valence-corrected chi connectivity index (χ3v) is 3.92. The van der Waals surface area contributed by atoms with Crippen molar-refractivity contribution in [2.45, 2.75) is 26.8 Å². The molecule has 4 heteroatoms. The molecule has 1 amide bonds. The summed E-state index contributed by atoms with van der Waals surface area (Å²) in [6, 6.07) is 12.0. The first-order valence-corrected chi connectivity index (χ1v) is 7.64. The molecule has 0 radical (unpaired) electrons. The Balaban J connectivity index is 1.93. The van der Waals surface area contributed by atoms with E-state index in [4.69, 9.17) is 0 Å². The minimum Gasteiger partial charge on any atom is -0.326 e. The van der Waals surface area contributed by atoms with Gasteiger partial charge in [-0.2, -0.15) is 0 Å². The van der Waals surface area contributed by atoms with E-state index in [0.29, 0.717) is 6.42 Å². The molecule has 0 unspecified atom stereocenters. The van der Waals surface area contributed by atoms with Crippen LogP contribution >= 0.6 is 11.3 Å². The quantitative estimate of drug-likeness (QED) is 0.856. The Hall–Kier alpha value is -1.65. The van der Waals surface area contributed by atoms with Gasteiger partial charge in [-0.3, -0.25) is 4.79 Å². The Morgan fingerprint density at radius 1 is 1.25 bits per heavy atom. The molecule has 0 saturated carbocycles. The first-order valence-electron chi connectivity index (χ1n) is 6.82. The first-order chi connectivity index (χ1) is 9.67. The van der Waals surface area contributed by atoms with Crippen LogP contribution in [0.3, 0.4) is 0 Å². The zero-order chi connectivity index (χ0) is 14.4. The highest BCUT2D eigenvalue weighted by molar-refractivity contribution is 7.12. The average Bonchev–Trinajstić information content (AvgIpc) is 2.82. The predicted molar refractivity (Wildman–Crippen MR) is 85.2 cm³/mol. The van der Waals surface area contributed by atoms with E-state index in [1.807, 2.05) is 30.3 Å². The fraction of sp³-hybridized carbons (Fsp3) is 0.312. The van der Waals surface area contributed by atoms with Crippen LogP contribution in [0.15, 0.2) is 36.4 Å². The summed E-state index contributed by atoms with van der Waals surface area (Å²) < 4.78 is 0. The van der Waals surface area contributed by atoms with Gasteiger partial charge in [0.15, 0.2) is 0 Å². The third-order valence-electron chi connectivity index (χ3n) is 2.92. The molecular weight excluding hydrogens is 268 g/mol. The molecule has 1 aromatic carbocycles. The SMILES string of the molecule is CCNCc1cccc(NC(=O)Cc2ccc(C)s2)c1. The number of hydrogen-bond donors (Lipinski definition) is 2. The molecule has 0 aliphatic rings. The van der Waals surface area contributed by atoms with Gasteiger partial charge in [0.1, 0.15) is 0 Å². The highest BCUT2D eigenvalue weighted by Crippen LogP contribution is 2.17. The Bertz CT molecular complexity index is 577. The molecule has 0 saturated heterocycles. The number of benzene rings is 1. The van der Waals surface area contributed by atoms with E-state index in [1.54, 1.807) is 11.3 Å². The molecule has 2 aromatic rings. The molecule has 0 aliphatic heterocycles. The van der Waals surface area contributed by atoms with E-state index in [-0.39, 0.29) is 5.91 Å². The second-order valence-electron chi connectivity index (χ2n) is 4.72. The number of carbonyl (C=O) groups excluding carboxylic acids is 1. The summed E-state index contributed by atoms with van der Waals surface area (Å²) in [5.41, 5.74) is 2.04. The van der Waals surface area contributed by atoms with Gasteiger partial charge in [0.05, 0.1) is 6.42 Å². The van der Waals surface area contributed by atoms with Gasteiger partial charge in [-0.05, 0) is 43.3 Å². The standard InChI is InChI=1S/C16H20N2OS/c1-3-17-11-13-5-4-6-14(9-13)18-16(19)10-15-8-7-12(2)20-15/h4-9,17H,3,10-11H2,1-2H3,(H,18,19). The van der Waals surface area contributed by atoms with Crippen LogP contribution in [-0.2, 0) is 17.8 Å². The Morgan fingerprint density at radius 2 is 2.10 bits per heavy atom. The molecule has 1 aromatic heterocycles. The zero-order valence-electron chi connectivity index (χ0n) is 11.9. The lowest BCUT2D eigenvalue weighted by atomic mass is 10.2. The Labute approximate surface area is 124 Å². The van der Waals surface area contributed by atoms with Crippen LogP contribution in [0.2, 0.25) is 0 Å². The van der Waals surface area contributed by atoms with Crippen LogP contribution in [-0.4, -0.2) is 12.5 Å². The summed E-state index contributed by atoms with van der Waals surface area (Å²) in [6.07, 6.45) is 0.440. The largest absolute Gasteiger partial charge is 0.326 e. The highest BCUT2D eigenvalue weighted by Gasteiger charge is 2.06. The van der Waals surface area contributed by atoms with Gasteiger partial charge >= 0.3 is 0 Å². The Morgan fingerprint density at radius 3 is 2.80 bits per heavy atom. The van der Waals surface area contributed by atoms with E-state index in [2.05, 4.69) is 30.5 Å². The van der Waals surface area contributed by atoms with Crippen LogP contribution in [0.5, 0.6) is 0 Å². The maximum Gasteiger partial charge on any atom is 0.229 e. The molecule has 0 aliphatic carbocycles. The second-order valence-corrected chi connectivity index (χ2v) is 6.09. The summed E-state index contributed by atoms with van der Waals surface area (Å²) >= 11 is 1.67. The first kappa shape index (κ1) is 14.8. The van der Waals surface area contributed by atoms with Crippen molar-refractivity contribution >= 4 is 22.9 Å². The van der Waals surface area contributed by atoms with E-state index < -0.39 is 0 Å². The van der Waals surface area contributed by atoms with Crippen molar-refractivity contribution in [3.8, 4) is 0 Å². The molecule has 3 nitrogen and oxygen atoms in total.